The molecular weight excluding hydrogens is 399 g/mol. The lowest BCUT2D eigenvalue weighted by atomic mass is 10.1. The first-order chi connectivity index (χ1) is 13.2. The maximum atomic E-state index is 12.5. The van der Waals surface area contributed by atoms with Crippen LogP contribution in [0.1, 0.15) is 22.2 Å². The third-order valence-electron chi connectivity index (χ3n) is 4.44. The number of nitrogens with zero attached hydrogens (tertiary/aromatic N) is 1. The largest absolute Gasteiger partial charge is 0.371 e. The molecule has 3 N–H and O–H groups in total. The number of aromatic nitrogens is 2. The van der Waals surface area contributed by atoms with Gasteiger partial charge in [-0.15, -0.1) is 12.4 Å². The number of aromatic amines is 1. The zero-order chi connectivity index (χ0) is 18.6. The van der Waals surface area contributed by atoms with Crippen molar-refractivity contribution >= 4 is 35.6 Å². The molecule has 1 aromatic heterocycles. The van der Waals surface area contributed by atoms with E-state index >= 15 is 0 Å². The van der Waals surface area contributed by atoms with E-state index in [1.165, 1.54) is 0 Å². The van der Waals surface area contributed by atoms with Gasteiger partial charge in [-0.3, -0.25) is 9.89 Å². The first-order valence-corrected chi connectivity index (χ1v) is 9.12. The summed E-state index contributed by atoms with van der Waals surface area (Å²) >= 11 is 6.19. The van der Waals surface area contributed by atoms with E-state index in [0.29, 0.717) is 28.7 Å². The predicted molar refractivity (Wildman–Crippen MR) is 112 cm³/mol. The molecule has 4 rings (SSSR count). The molecule has 2 heterocycles. The Hall–Kier alpha value is -2.38. The molecule has 0 bridgehead atoms. The van der Waals surface area contributed by atoms with E-state index in [2.05, 4.69) is 20.8 Å². The number of benzene rings is 2. The number of rotatable bonds is 4. The predicted octanol–water partition coefficient (Wildman–Crippen LogP) is 4.07. The standard InChI is InChI=1S/C20H19ClN4O2.ClH/c21-16-4-2-1-3-15(16)17-11-18(25-24-17)20(26)23-14-7-5-13(6-8-14)19-12-22-9-10-27-19;/h1-8,11,19,22H,9-10,12H2,(H,23,26)(H,24,25);1H. The molecule has 1 aliphatic rings. The van der Waals surface area contributed by atoms with E-state index in [-0.39, 0.29) is 24.4 Å². The Kier molecular flexibility index (Phi) is 6.70. The molecule has 1 saturated heterocycles. The van der Waals surface area contributed by atoms with Gasteiger partial charge in [-0.1, -0.05) is 41.9 Å². The van der Waals surface area contributed by atoms with E-state index in [9.17, 15) is 4.79 Å². The van der Waals surface area contributed by atoms with Crippen LogP contribution in [0.4, 0.5) is 5.69 Å². The molecule has 0 spiro atoms. The second kappa shape index (κ2) is 9.21. The van der Waals surface area contributed by atoms with Crippen LogP contribution in [-0.2, 0) is 4.74 Å². The van der Waals surface area contributed by atoms with Gasteiger partial charge in [0.05, 0.1) is 23.4 Å². The molecule has 0 saturated carbocycles. The molecule has 3 aromatic rings. The summed E-state index contributed by atoms with van der Waals surface area (Å²) in [7, 11) is 0. The number of nitrogens with one attached hydrogen (secondary N) is 3. The highest BCUT2D eigenvalue weighted by Crippen LogP contribution is 2.26. The number of carbonyl (C=O) groups is 1. The molecule has 1 unspecified atom stereocenters. The van der Waals surface area contributed by atoms with Gasteiger partial charge in [0.25, 0.3) is 5.91 Å². The minimum Gasteiger partial charge on any atom is -0.371 e. The van der Waals surface area contributed by atoms with Crippen LogP contribution in [0, 0.1) is 0 Å². The van der Waals surface area contributed by atoms with Gasteiger partial charge in [0.15, 0.2) is 0 Å². The summed E-state index contributed by atoms with van der Waals surface area (Å²) in [6.07, 6.45) is 0.0503. The van der Waals surface area contributed by atoms with Gasteiger partial charge in [0, 0.05) is 24.3 Å². The van der Waals surface area contributed by atoms with E-state index in [4.69, 9.17) is 16.3 Å². The molecule has 6 nitrogen and oxygen atoms in total. The van der Waals surface area contributed by atoms with Gasteiger partial charge in [0.2, 0.25) is 0 Å². The quantitative estimate of drug-likeness (QED) is 0.596. The summed E-state index contributed by atoms with van der Waals surface area (Å²) in [4.78, 5) is 12.5. The maximum absolute atomic E-state index is 12.5. The van der Waals surface area contributed by atoms with E-state index in [0.717, 1.165) is 24.2 Å². The molecule has 1 fully saturated rings. The summed E-state index contributed by atoms with van der Waals surface area (Å²) in [5.74, 6) is -0.260. The third-order valence-corrected chi connectivity index (χ3v) is 4.77. The maximum Gasteiger partial charge on any atom is 0.273 e. The van der Waals surface area contributed by atoms with Crippen molar-refractivity contribution in [1.82, 2.24) is 15.5 Å². The highest BCUT2D eigenvalue weighted by molar-refractivity contribution is 6.33. The van der Waals surface area contributed by atoms with Crippen LogP contribution in [0.25, 0.3) is 11.3 Å². The molecule has 1 amide bonds. The van der Waals surface area contributed by atoms with Crippen LogP contribution in [0.15, 0.2) is 54.6 Å². The van der Waals surface area contributed by atoms with E-state index in [1.54, 1.807) is 12.1 Å². The number of anilines is 1. The summed E-state index contributed by atoms with van der Waals surface area (Å²) < 4.78 is 5.73. The fourth-order valence-electron chi connectivity index (χ4n) is 3.00. The van der Waals surface area contributed by atoms with Gasteiger partial charge < -0.3 is 15.4 Å². The van der Waals surface area contributed by atoms with Gasteiger partial charge in [-0.25, -0.2) is 0 Å². The van der Waals surface area contributed by atoms with Crippen LogP contribution < -0.4 is 10.6 Å². The number of hydrogen-bond donors (Lipinski definition) is 3. The smallest absolute Gasteiger partial charge is 0.273 e. The number of hydrogen-bond acceptors (Lipinski definition) is 4. The Morgan fingerprint density at radius 3 is 2.68 bits per heavy atom. The molecule has 8 heteroatoms. The lowest BCUT2D eigenvalue weighted by molar-refractivity contribution is 0.0277. The zero-order valence-electron chi connectivity index (χ0n) is 14.9. The first kappa shape index (κ1) is 20.4. The number of ether oxygens (including phenoxy) is 1. The lowest BCUT2D eigenvalue weighted by Crippen LogP contribution is -2.33. The molecule has 1 aliphatic heterocycles. The SMILES string of the molecule is Cl.O=C(Nc1ccc(C2CNCCO2)cc1)c1cc(-c2ccccc2Cl)n[nH]1. The number of carbonyl (C=O) groups excluding carboxylic acids is 1. The van der Waals surface area contributed by atoms with Crippen LogP contribution in [0.5, 0.6) is 0 Å². The monoisotopic (exact) mass is 418 g/mol. The molecule has 2 aromatic carbocycles. The molecule has 28 heavy (non-hydrogen) atoms. The average Bonchev–Trinajstić information content (AvgIpc) is 3.20. The van der Waals surface area contributed by atoms with Crippen molar-refractivity contribution in [3.05, 3.63) is 70.9 Å². The summed E-state index contributed by atoms with van der Waals surface area (Å²) in [5, 5.41) is 13.7. The van der Waals surface area contributed by atoms with Crippen LogP contribution in [0.2, 0.25) is 5.02 Å². The third kappa shape index (κ3) is 4.54. The number of H-pyrrole nitrogens is 1. The van der Waals surface area contributed by atoms with E-state index in [1.807, 2.05) is 42.5 Å². The summed E-state index contributed by atoms with van der Waals surface area (Å²) in [6, 6.07) is 16.7. The molecular formula is C20H20Cl2N4O2. The van der Waals surface area contributed by atoms with Crippen molar-refractivity contribution in [3.8, 4) is 11.3 Å². The van der Waals surface area contributed by atoms with Crippen LogP contribution in [-0.4, -0.2) is 35.8 Å². The highest BCUT2D eigenvalue weighted by atomic mass is 35.5. The Balaban J connectivity index is 0.00000225. The fraction of sp³-hybridized carbons (Fsp3) is 0.200. The highest BCUT2D eigenvalue weighted by Gasteiger charge is 2.16. The first-order valence-electron chi connectivity index (χ1n) is 8.74. The zero-order valence-corrected chi connectivity index (χ0v) is 16.5. The number of amides is 1. The minimum absolute atomic E-state index is 0. The Morgan fingerprint density at radius 1 is 1.18 bits per heavy atom. The van der Waals surface area contributed by atoms with Gasteiger partial charge in [-0.2, -0.15) is 5.10 Å². The molecule has 1 atom stereocenters. The van der Waals surface area contributed by atoms with Gasteiger partial charge in [0.1, 0.15) is 5.69 Å². The van der Waals surface area contributed by atoms with Crippen molar-refractivity contribution < 1.29 is 9.53 Å². The number of halogens is 2. The van der Waals surface area contributed by atoms with Crippen molar-refractivity contribution in [3.63, 3.8) is 0 Å². The minimum atomic E-state index is -0.260. The number of morpholine rings is 1. The van der Waals surface area contributed by atoms with Crippen molar-refractivity contribution in [2.24, 2.45) is 0 Å². The average molecular weight is 419 g/mol. The lowest BCUT2D eigenvalue weighted by Gasteiger charge is -2.24. The fourth-order valence-corrected chi connectivity index (χ4v) is 3.24. The van der Waals surface area contributed by atoms with Gasteiger partial charge in [-0.05, 0) is 29.8 Å². The summed E-state index contributed by atoms with van der Waals surface area (Å²) in [5.41, 5.74) is 3.57. The normalized spacial score (nSPS) is 16.2. The Morgan fingerprint density at radius 2 is 1.96 bits per heavy atom. The molecule has 146 valence electrons. The second-order valence-corrected chi connectivity index (χ2v) is 6.69. The Labute approximate surface area is 174 Å². The Bertz CT molecular complexity index is 937. The topological polar surface area (TPSA) is 79.0 Å². The molecule has 0 aliphatic carbocycles. The second-order valence-electron chi connectivity index (χ2n) is 6.29. The van der Waals surface area contributed by atoms with Crippen LogP contribution >= 0.6 is 24.0 Å². The van der Waals surface area contributed by atoms with E-state index < -0.39 is 0 Å². The van der Waals surface area contributed by atoms with Crippen LogP contribution in [0.3, 0.4) is 0 Å². The van der Waals surface area contributed by atoms with Crippen molar-refractivity contribution in [2.45, 2.75) is 6.10 Å². The van der Waals surface area contributed by atoms with Crippen molar-refractivity contribution in [1.29, 1.82) is 0 Å². The van der Waals surface area contributed by atoms with Gasteiger partial charge >= 0.3 is 0 Å². The molecule has 0 radical (unpaired) electrons. The summed E-state index contributed by atoms with van der Waals surface area (Å²) in [6.45, 7) is 2.38. The van der Waals surface area contributed by atoms with Crippen molar-refractivity contribution in [2.75, 3.05) is 25.0 Å².